The van der Waals surface area contributed by atoms with E-state index in [0.29, 0.717) is 63.2 Å². The lowest BCUT2D eigenvalue weighted by Crippen LogP contribution is -2.89. The molecule has 18 aliphatic rings. The Bertz CT molecular complexity index is 3870. The number of aldehydes is 1. The second-order valence-corrected chi connectivity index (χ2v) is 35.4. The van der Waals surface area contributed by atoms with E-state index < -0.39 is 86.4 Å². The van der Waals surface area contributed by atoms with E-state index in [9.17, 15) is 9.90 Å². The molecule has 3 aliphatic heterocycles. The van der Waals surface area contributed by atoms with Gasteiger partial charge in [0.15, 0.2) is 0 Å². The fraction of sp³-hybridized carbons (Fsp3) is 0.667. The molecular formula is C84H97NO9. The fourth-order valence-electron chi connectivity index (χ4n) is 30.4. The van der Waals surface area contributed by atoms with Gasteiger partial charge in [0.25, 0.3) is 0 Å². The summed E-state index contributed by atoms with van der Waals surface area (Å²) in [6.07, 6.45) is 23.9. The lowest BCUT2D eigenvalue weighted by molar-refractivity contribution is -0.410. The average Bonchev–Trinajstić information content (AvgIpc) is 1.23. The SMILES string of the molecule is CNC1Cc2c(cccc2CO)C#CC2(CCCC2)CC23CC4C#CCC5C(c6ccccc6)CCC67CCC8C9Cc%10cccc(c%10)CC%10CCC(C%10)C%10CC=CC%11CC%12C(O9)C6(CC6(C=O)C4C(O)(C(O)C(CC%11%10)C%126O)C2(O)CC2CC1C1OC(=O)C=C1C23)C8CC57. The van der Waals surface area contributed by atoms with Crippen LogP contribution in [-0.4, -0.2) is 92.1 Å². The van der Waals surface area contributed by atoms with Crippen LogP contribution in [-0.2, 0) is 44.9 Å². The van der Waals surface area contributed by atoms with Crippen LogP contribution < -0.4 is 5.32 Å². The number of likely N-dealkylation sites (N-methyl/N-ethyl adjacent to an activating group) is 1. The number of carbonyl (C=O) groups excluding carboxylic acids is 2. The van der Waals surface area contributed by atoms with Gasteiger partial charge in [-0.2, -0.15) is 0 Å². The third kappa shape index (κ3) is 7.27. The summed E-state index contributed by atoms with van der Waals surface area (Å²) < 4.78 is 15.1. The van der Waals surface area contributed by atoms with Gasteiger partial charge in [0, 0.05) is 69.9 Å². The summed E-state index contributed by atoms with van der Waals surface area (Å²) in [5.74, 6) is 13.8. The molecule has 0 radical (unpaired) electrons. The van der Waals surface area contributed by atoms with E-state index in [-0.39, 0.29) is 95.7 Å². The van der Waals surface area contributed by atoms with E-state index in [0.717, 1.165) is 112 Å². The smallest absolute Gasteiger partial charge is 0.331 e. The molecule has 21 bridgehead atoms. The van der Waals surface area contributed by atoms with Crippen molar-refractivity contribution in [1.29, 1.82) is 0 Å². The molecular weight excluding hydrogens is 1170 g/mol. The van der Waals surface area contributed by atoms with Crippen LogP contribution in [0.4, 0.5) is 0 Å². The Hall–Kier alpha value is -4.88. The minimum atomic E-state index is -2.36. The largest absolute Gasteiger partial charge is 0.454 e. The van der Waals surface area contributed by atoms with Gasteiger partial charge in [0.05, 0.1) is 35.9 Å². The number of aliphatic hydroxyl groups excluding tert-OH is 2. The molecule has 11 saturated carbocycles. The molecule has 10 nitrogen and oxygen atoms in total. The van der Waals surface area contributed by atoms with Gasteiger partial charge in [-0.15, -0.1) is 5.92 Å². The second-order valence-electron chi connectivity index (χ2n) is 35.4. The number of hydrogen-bond acceptors (Lipinski definition) is 10. The molecule has 15 aliphatic carbocycles. The van der Waals surface area contributed by atoms with Crippen LogP contribution >= 0.6 is 0 Å². The third-order valence-corrected chi connectivity index (χ3v) is 33.0. The van der Waals surface area contributed by atoms with Crippen molar-refractivity contribution in [3.63, 3.8) is 0 Å². The van der Waals surface area contributed by atoms with Crippen LogP contribution in [0.5, 0.6) is 0 Å². The zero-order valence-electron chi connectivity index (χ0n) is 55.0. The molecule has 94 heavy (non-hydrogen) atoms. The van der Waals surface area contributed by atoms with E-state index in [1.165, 1.54) is 29.4 Å². The van der Waals surface area contributed by atoms with Crippen molar-refractivity contribution in [2.75, 3.05) is 7.05 Å². The molecule has 3 aromatic carbocycles. The summed E-state index contributed by atoms with van der Waals surface area (Å²) in [4.78, 5) is 31.3. The second kappa shape index (κ2) is 20.4. The zero-order chi connectivity index (χ0) is 63.3. The van der Waals surface area contributed by atoms with Crippen LogP contribution in [0.3, 0.4) is 0 Å². The van der Waals surface area contributed by atoms with Gasteiger partial charge in [0.1, 0.15) is 23.6 Å². The number of carbonyl (C=O) groups is 2. The molecule has 29 unspecified atom stereocenters. The number of hydrogen-bond donors (Lipinski definition) is 6. The van der Waals surface area contributed by atoms with Crippen LogP contribution in [0.25, 0.3) is 0 Å². The Morgan fingerprint density at radius 2 is 1.57 bits per heavy atom. The molecule has 492 valence electrons. The molecule has 21 rings (SSSR count). The van der Waals surface area contributed by atoms with Gasteiger partial charge in [-0.05, 0) is 258 Å². The van der Waals surface area contributed by atoms with Crippen molar-refractivity contribution < 1.29 is 44.6 Å². The Labute approximate surface area is 555 Å². The molecule has 10 heteroatoms. The molecule has 12 fully saturated rings. The molecule has 0 amide bonds. The van der Waals surface area contributed by atoms with Crippen LogP contribution in [0.15, 0.2) is 96.6 Å². The summed E-state index contributed by atoms with van der Waals surface area (Å²) in [7, 11) is 1.98. The van der Waals surface area contributed by atoms with Gasteiger partial charge in [-0.3, -0.25) is 0 Å². The maximum Gasteiger partial charge on any atom is 0.331 e. The number of aliphatic hydroxyl groups is 5. The maximum absolute atomic E-state index is 16.7. The lowest BCUT2D eigenvalue weighted by Gasteiger charge is -2.79. The monoisotopic (exact) mass is 1260 g/mol. The highest BCUT2D eigenvalue weighted by atomic mass is 16.5. The number of allylic oxidation sites excluding steroid dienone is 2. The predicted molar refractivity (Wildman–Crippen MR) is 354 cm³/mol. The predicted octanol–water partition coefficient (Wildman–Crippen LogP) is 11.3. The van der Waals surface area contributed by atoms with Gasteiger partial charge < -0.3 is 45.1 Å². The highest BCUT2D eigenvalue weighted by Crippen LogP contribution is 2.87. The zero-order valence-corrected chi connectivity index (χ0v) is 55.0. The van der Waals surface area contributed by atoms with Crippen molar-refractivity contribution >= 4 is 12.3 Å². The molecule has 1 saturated heterocycles. The highest BCUT2D eigenvalue weighted by Gasteiger charge is 2.91. The highest BCUT2D eigenvalue weighted by molar-refractivity contribution is 5.86. The molecule has 3 heterocycles. The Balaban J connectivity index is 0.866. The summed E-state index contributed by atoms with van der Waals surface area (Å²) in [6, 6.07) is 26.6. The Morgan fingerprint density at radius 1 is 0.745 bits per heavy atom. The number of benzene rings is 3. The topological polar surface area (TPSA) is 166 Å². The molecule has 6 N–H and O–H groups in total. The van der Waals surface area contributed by atoms with Gasteiger partial charge in [-0.25, -0.2) is 4.79 Å². The standard InChI is InChI=1S/C84H97NO9/c1-85-69-38-61-51(15-8-18-55(61)43-86)23-28-77(26-5-6-27-77)44-79-41-54-17-10-20-59-58(50-13-3-2-4-14-50)24-29-78-30-25-60-66(40-65(59)78)81(78)45-80(46-87)74(54)84(92,82(79,90)42-56-35-63(69)73-64(72(56)79)39-71(88)94-73)75(89)67-37-62-52-16-9-19-57(62)53-22-21-49(33-53)32-47-11-7-12-48(31-47)34-70(60)93-76(81)68(36-52)83(67,80)91/h2-4,7-9,11-16,18,31,39,46,49,52-54,56-60,62-63,65-70,72-76,85-86,89-92H,5-6,19-22,24-27,29-30,32-38,40-45H2,1H3. The Morgan fingerprint density at radius 3 is 2.40 bits per heavy atom. The first kappa shape index (κ1) is 59.2. The van der Waals surface area contributed by atoms with Crippen molar-refractivity contribution in [1.82, 2.24) is 5.32 Å². The summed E-state index contributed by atoms with van der Waals surface area (Å²) in [6.45, 7) is -0.133. The Kier molecular flexibility index (Phi) is 12.8. The van der Waals surface area contributed by atoms with Crippen LogP contribution in [0, 0.1) is 145 Å². The van der Waals surface area contributed by atoms with Crippen LogP contribution in [0.2, 0.25) is 0 Å². The number of nitrogens with one attached hydrogen (secondary N) is 1. The lowest BCUT2D eigenvalue weighted by atomic mass is 9.28. The van der Waals surface area contributed by atoms with Crippen molar-refractivity contribution in [2.45, 2.75) is 214 Å². The maximum atomic E-state index is 16.7. The van der Waals surface area contributed by atoms with E-state index >= 15 is 25.2 Å². The quantitative estimate of drug-likeness (QED) is 0.0641. The number of ether oxygens (including phenoxy) is 2. The molecule has 0 aromatic heterocycles. The van der Waals surface area contributed by atoms with Gasteiger partial charge >= 0.3 is 5.97 Å². The number of rotatable bonds is 4. The summed E-state index contributed by atoms with van der Waals surface area (Å²) in [5, 5.41) is 78.1. The number of fused-ring (bicyclic) bond motifs is 9. The minimum absolute atomic E-state index is 0.0544. The number of esters is 1. The van der Waals surface area contributed by atoms with Crippen molar-refractivity contribution in [3.05, 3.63) is 130 Å². The summed E-state index contributed by atoms with van der Waals surface area (Å²) >= 11 is 0. The van der Waals surface area contributed by atoms with E-state index in [2.05, 4.69) is 102 Å². The molecule has 4 spiro atoms. The van der Waals surface area contributed by atoms with Crippen LogP contribution in [0.1, 0.15) is 174 Å². The first-order valence-electron chi connectivity index (χ1n) is 37.8. The third-order valence-electron chi connectivity index (χ3n) is 33.0. The van der Waals surface area contributed by atoms with E-state index in [1.54, 1.807) is 6.08 Å². The van der Waals surface area contributed by atoms with Gasteiger partial charge in [0.2, 0.25) is 0 Å². The first-order valence-corrected chi connectivity index (χ1v) is 37.8. The molecule has 29 atom stereocenters. The van der Waals surface area contributed by atoms with E-state index in [4.69, 9.17) is 9.47 Å². The molecule has 3 aromatic rings. The van der Waals surface area contributed by atoms with Crippen molar-refractivity contribution in [2.24, 2.45) is 122 Å². The summed E-state index contributed by atoms with van der Waals surface area (Å²) in [5.41, 5.74) is -2.93. The van der Waals surface area contributed by atoms with E-state index in [1.807, 2.05) is 19.2 Å². The van der Waals surface area contributed by atoms with Crippen molar-refractivity contribution in [3.8, 4) is 23.7 Å². The minimum Gasteiger partial charge on any atom is -0.454 e. The average molecular weight is 1260 g/mol. The fourth-order valence-corrected chi connectivity index (χ4v) is 30.4. The van der Waals surface area contributed by atoms with Gasteiger partial charge in [-0.1, -0.05) is 109 Å². The first-order chi connectivity index (χ1) is 45.7. The normalized spacial score (nSPS) is 51.5.